The molecule has 0 saturated heterocycles. The first kappa shape index (κ1) is 43.7. The third kappa shape index (κ3) is 9.17. The fraction of sp³-hybridized carbons (Fsp3) is 0.420. The van der Waals surface area contributed by atoms with Crippen LogP contribution >= 0.6 is 0 Å². The summed E-state index contributed by atoms with van der Waals surface area (Å²) in [6, 6.07) is 27.8. The van der Waals surface area contributed by atoms with Crippen molar-refractivity contribution in [3.05, 3.63) is 124 Å². The van der Waals surface area contributed by atoms with Crippen molar-refractivity contribution in [2.24, 2.45) is 29.6 Å². The van der Waals surface area contributed by atoms with E-state index in [-0.39, 0.29) is 67.1 Å². The maximum Gasteiger partial charge on any atom is 0.320 e. The average Bonchev–Trinajstić information content (AvgIpc) is 3.24. The van der Waals surface area contributed by atoms with E-state index in [1.165, 1.54) is 0 Å². The highest BCUT2D eigenvalue weighted by atomic mass is 16.6. The van der Waals surface area contributed by atoms with Crippen molar-refractivity contribution >= 4 is 29.3 Å². The lowest BCUT2D eigenvalue weighted by molar-refractivity contribution is -0.161. The molecule has 0 aromatic heterocycles. The van der Waals surface area contributed by atoms with Crippen molar-refractivity contribution in [3.63, 3.8) is 0 Å². The van der Waals surface area contributed by atoms with Crippen LogP contribution in [0.4, 0.5) is 0 Å². The Labute approximate surface area is 343 Å². The van der Waals surface area contributed by atoms with E-state index >= 15 is 0 Å². The summed E-state index contributed by atoms with van der Waals surface area (Å²) in [6.45, 7) is 13.5. The predicted octanol–water partition coefficient (Wildman–Crippen LogP) is 10.1. The minimum absolute atomic E-state index is 0.0109. The zero-order valence-electron chi connectivity index (χ0n) is 35.3. The van der Waals surface area contributed by atoms with Gasteiger partial charge in [0.2, 0.25) is 0 Å². The number of ketones is 3. The van der Waals surface area contributed by atoms with Crippen LogP contribution in [0.3, 0.4) is 0 Å². The molecule has 5 unspecified atom stereocenters. The fourth-order valence-corrected chi connectivity index (χ4v) is 8.40. The number of aryl methyl sites for hydroxylation is 1. The van der Waals surface area contributed by atoms with Gasteiger partial charge >= 0.3 is 11.9 Å². The SMILES string of the molecule is CCOC(=O)C1(COC(=O)Cc2ccc(CCC(C)C(=O)c3cccc(OC)c3-c3ccccc3)c(C(=O)C(C)C(C)CC)c2)c2ccccc2C(=O)CC1C(C)C. The van der Waals surface area contributed by atoms with Crippen LogP contribution in [0, 0.1) is 29.6 Å². The maximum atomic E-state index is 14.2. The van der Waals surface area contributed by atoms with Gasteiger partial charge in [0.15, 0.2) is 17.3 Å². The standard InChI is InChI=1S/C50H58O8/c1-9-32(5)34(7)48(54)40-27-35(24-26-36(40)25-23-33(6)47(53)39-20-16-22-44(56-8)46(39)37-17-12-11-13-18-37)28-45(52)58-30-50(49(55)57-10-2)41-21-15-14-19-38(41)43(51)29-42(50)31(3)4/h11-22,24,26-27,31-34,42H,9-10,23,25,28-30H2,1-8H3. The second-order valence-corrected chi connectivity index (χ2v) is 16.1. The number of Topliss-reactive ketones (excluding diaryl/α,β-unsaturated/α-hetero) is 3. The van der Waals surface area contributed by atoms with Gasteiger partial charge < -0.3 is 14.2 Å². The minimum atomic E-state index is -1.36. The fourth-order valence-electron chi connectivity index (χ4n) is 8.40. The third-order valence-electron chi connectivity index (χ3n) is 12.2. The molecular weight excluding hydrogens is 729 g/mol. The highest BCUT2D eigenvalue weighted by Gasteiger charge is 2.55. The summed E-state index contributed by atoms with van der Waals surface area (Å²) in [7, 11) is 1.60. The first-order valence-electron chi connectivity index (χ1n) is 20.7. The van der Waals surface area contributed by atoms with Gasteiger partial charge in [0, 0.05) is 40.5 Å². The van der Waals surface area contributed by atoms with Crippen molar-refractivity contribution in [2.75, 3.05) is 20.3 Å². The summed E-state index contributed by atoms with van der Waals surface area (Å²) in [5, 5.41) is 0. The zero-order chi connectivity index (χ0) is 42.1. The van der Waals surface area contributed by atoms with Gasteiger partial charge in [-0.15, -0.1) is 0 Å². The van der Waals surface area contributed by atoms with E-state index < -0.39 is 23.3 Å². The van der Waals surface area contributed by atoms with Gasteiger partial charge in [-0.1, -0.05) is 127 Å². The summed E-state index contributed by atoms with van der Waals surface area (Å²) >= 11 is 0. The van der Waals surface area contributed by atoms with Crippen molar-refractivity contribution in [2.45, 2.75) is 86.0 Å². The van der Waals surface area contributed by atoms with Gasteiger partial charge in [-0.05, 0) is 71.9 Å². The molecule has 4 aromatic rings. The molecule has 1 aliphatic rings. The van der Waals surface area contributed by atoms with E-state index in [2.05, 4.69) is 13.8 Å². The largest absolute Gasteiger partial charge is 0.496 e. The van der Waals surface area contributed by atoms with Crippen molar-refractivity contribution in [3.8, 4) is 16.9 Å². The number of ether oxygens (including phenoxy) is 3. The Bertz CT molecular complexity index is 2120. The Balaban J connectivity index is 1.40. The number of carbonyl (C=O) groups excluding carboxylic acids is 5. The molecular formula is C50H58O8. The van der Waals surface area contributed by atoms with Gasteiger partial charge in [-0.2, -0.15) is 0 Å². The molecule has 5 atom stereocenters. The number of hydrogen-bond donors (Lipinski definition) is 0. The number of benzene rings is 4. The van der Waals surface area contributed by atoms with E-state index in [1.54, 1.807) is 44.4 Å². The molecule has 0 heterocycles. The number of fused-ring (bicyclic) bond motifs is 1. The van der Waals surface area contributed by atoms with Gasteiger partial charge in [0.05, 0.1) is 20.1 Å². The Morgan fingerprint density at radius 3 is 2.17 bits per heavy atom. The monoisotopic (exact) mass is 786 g/mol. The molecule has 0 N–H and O–H groups in total. The Morgan fingerprint density at radius 1 is 0.793 bits per heavy atom. The van der Waals surface area contributed by atoms with Crippen LogP contribution in [0.25, 0.3) is 11.1 Å². The van der Waals surface area contributed by atoms with Crippen LogP contribution in [0.1, 0.15) is 115 Å². The van der Waals surface area contributed by atoms with Crippen LogP contribution in [-0.4, -0.2) is 49.6 Å². The van der Waals surface area contributed by atoms with Gasteiger partial charge in [0.25, 0.3) is 0 Å². The summed E-state index contributed by atoms with van der Waals surface area (Å²) in [6.07, 6.45) is 1.81. The zero-order valence-corrected chi connectivity index (χ0v) is 35.3. The maximum absolute atomic E-state index is 14.2. The van der Waals surface area contributed by atoms with E-state index in [9.17, 15) is 24.0 Å². The predicted molar refractivity (Wildman–Crippen MR) is 226 cm³/mol. The Hall–Kier alpha value is -5.37. The van der Waals surface area contributed by atoms with Crippen LogP contribution in [0.15, 0.2) is 91.0 Å². The molecule has 58 heavy (non-hydrogen) atoms. The molecule has 0 saturated carbocycles. The van der Waals surface area contributed by atoms with E-state index in [0.717, 1.165) is 23.1 Å². The summed E-state index contributed by atoms with van der Waals surface area (Å²) < 4.78 is 17.3. The van der Waals surface area contributed by atoms with E-state index in [0.29, 0.717) is 46.4 Å². The third-order valence-corrected chi connectivity index (χ3v) is 12.2. The Kier molecular flexibility index (Phi) is 14.6. The van der Waals surface area contributed by atoms with Gasteiger partial charge in [-0.25, -0.2) is 0 Å². The van der Waals surface area contributed by atoms with Gasteiger partial charge in [-0.3, -0.25) is 24.0 Å². The molecule has 0 amide bonds. The smallest absolute Gasteiger partial charge is 0.320 e. The lowest BCUT2D eigenvalue weighted by atomic mass is 9.59. The van der Waals surface area contributed by atoms with Crippen LogP contribution in [0.5, 0.6) is 5.75 Å². The molecule has 8 nitrogen and oxygen atoms in total. The molecule has 306 valence electrons. The minimum Gasteiger partial charge on any atom is -0.496 e. The van der Waals surface area contributed by atoms with Crippen LogP contribution in [0.2, 0.25) is 0 Å². The van der Waals surface area contributed by atoms with Gasteiger partial charge in [0.1, 0.15) is 17.8 Å². The first-order valence-corrected chi connectivity index (χ1v) is 20.7. The number of carbonyl (C=O) groups is 5. The second kappa shape index (κ2) is 19.4. The first-order chi connectivity index (χ1) is 27.8. The molecule has 0 bridgehead atoms. The Morgan fingerprint density at radius 2 is 1.50 bits per heavy atom. The molecule has 0 fully saturated rings. The molecule has 1 aliphatic carbocycles. The number of rotatable bonds is 18. The van der Waals surface area contributed by atoms with Crippen molar-refractivity contribution < 1.29 is 38.2 Å². The molecule has 4 aromatic carbocycles. The number of hydrogen-bond acceptors (Lipinski definition) is 8. The quantitative estimate of drug-likeness (QED) is 0.0724. The van der Waals surface area contributed by atoms with E-state index in [4.69, 9.17) is 14.2 Å². The highest BCUT2D eigenvalue weighted by molar-refractivity contribution is 6.05. The topological polar surface area (TPSA) is 113 Å². The van der Waals surface area contributed by atoms with Crippen LogP contribution < -0.4 is 4.74 Å². The summed E-state index contributed by atoms with van der Waals surface area (Å²) in [4.78, 5) is 69.1. The molecule has 0 aliphatic heterocycles. The summed E-state index contributed by atoms with van der Waals surface area (Å²) in [5.41, 5.74) is 3.78. The number of esters is 2. The summed E-state index contributed by atoms with van der Waals surface area (Å²) in [5.74, 6) is -1.56. The van der Waals surface area contributed by atoms with Crippen molar-refractivity contribution in [1.29, 1.82) is 0 Å². The second-order valence-electron chi connectivity index (χ2n) is 16.1. The molecule has 0 spiro atoms. The molecule has 5 rings (SSSR count). The molecule has 8 heteroatoms. The highest BCUT2D eigenvalue weighted by Crippen LogP contribution is 2.46. The molecule has 0 radical (unpaired) electrons. The van der Waals surface area contributed by atoms with Crippen molar-refractivity contribution in [1.82, 2.24) is 0 Å². The lowest BCUT2D eigenvalue weighted by Crippen LogP contribution is -2.54. The average molecular weight is 787 g/mol. The lowest BCUT2D eigenvalue weighted by Gasteiger charge is -2.44. The number of methoxy groups -OCH3 is 1. The van der Waals surface area contributed by atoms with E-state index in [1.807, 2.05) is 88.4 Å². The van der Waals surface area contributed by atoms with Crippen LogP contribution in [-0.2, 0) is 37.3 Å². The normalized spacial score (nSPS) is 17.8.